The third kappa shape index (κ3) is 7.98. The average molecular weight is 618 g/mol. The van der Waals surface area contributed by atoms with E-state index in [-0.39, 0.29) is 11.9 Å². The van der Waals surface area contributed by atoms with Gasteiger partial charge in [0.25, 0.3) is 5.91 Å². The van der Waals surface area contributed by atoms with Gasteiger partial charge in [-0.3, -0.25) is 9.69 Å². The summed E-state index contributed by atoms with van der Waals surface area (Å²) in [6.45, 7) is 6.94. The summed E-state index contributed by atoms with van der Waals surface area (Å²) in [6.07, 6.45) is 6.99. The summed E-state index contributed by atoms with van der Waals surface area (Å²) in [5.41, 5.74) is 8.54. The van der Waals surface area contributed by atoms with Crippen molar-refractivity contribution >= 4 is 52.5 Å². The maximum atomic E-state index is 12.1. The molecule has 1 atom stereocenters. The van der Waals surface area contributed by atoms with Crippen molar-refractivity contribution in [3.8, 4) is 23.3 Å². The minimum absolute atomic E-state index is 0.103. The third-order valence-corrected chi connectivity index (χ3v) is 8.15. The van der Waals surface area contributed by atoms with Gasteiger partial charge in [-0.15, -0.1) is 0 Å². The number of piperazine rings is 1. The molecule has 2 aliphatic rings. The minimum Gasteiger partial charge on any atom is -0.495 e. The summed E-state index contributed by atoms with van der Waals surface area (Å²) < 4.78 is 16.5. The summed E-state index contributed by atoms with van der Waals surface area (Å²) in [4.78, 5) is 25.2. The largest absolute Gasteiger partial charge is 0.495 e. The molecule has 1 aromatic heterocycles. The van der Waals surface area contributed by atoms with Crippen molar-refractivity contribution in [2.24, 2.45) is 0 Å². The summed E-state index contributed by atoms with van der Waals surface area (Å²) in [5.74, 6) is 6.93. The van der Waals surface area contributed by atoms with E-state index in [1.807, 2.05) is 11.0 Å². The molecule has 3 N–H and O–H groups in total. The quantitative estimate of drug-likeness (QED) is 0.279. The molecule has 0 radical (unpaired) electrons. The standard InChI is InChI=1S/C30H38Cl2N6O4/c1-4-7-25(39)38-13-11-37(12-14-38)10-6-5-8-20(26-27(31)23(40-2)17-24(41-3)28(26)32)16-21-18-34-30(36-29(21)33)35-22-9-15-42-19-22/h16-18,22H,5-6,8-15,19H2,1-3H3,(H3,33,34,35,36)/b20-16+/t22-/m0/s1. The predicted molar refractivity (Wildman–Crippen MR) is 167 cm³/mol. The van der Waals surface area contributed by atoms with Crippen LogP contribution in [0.1, 0.15) is 43.7 Å². The number of amides is 1. The van der Waals surface area contributed by atoms with Crippen molar-refractivity contribution in [2.75, 3.05) is 71.2 Å². The lowest BCUT2D eigenvalue weighted by Gasteiger charge is -2.33. The molecule has 12 heteroatoms. The van der Waals surface area contributed by atoms with Crippen molar-refractivity contribution in [2.45, 2.75) is 38.6 Å². The molecule has 2 aromatic rings. The number of rotatable bonds is 11. The molecule has 0 aliphatic carbocycles. The number of unbranched alkanes of at least 4 members (excludes halogenated alkanes) is 1. The zero-order valence-electron chi connectivity index (χ0n) is 24.3. The summed E-state index contributed by atoms with van der Waals surface area (Å²) in [7, 11) is 3.10. The van der Waals surface area contributed by atoms with Gasteiger partial charge < -0.3 is 30.2 Å². The number of nitrogen functional groups attached to an aromatic ring is 1. The maximum absolute atomic E-state index is 12.1. The molecular weight excluding hydrogens is 579 g/mol. The second-order valence-electron chi connectivity index (χ2n) is 10.2. The number of ether oxygens (including phenoxy) is 3. The van der Waals surface area contributed by atoms with Gasteiger partial charge in [0.1, 0.15) is 17.3 Å². The number of hydrogen-bond acceptors (Lipinski definition) is 9. The lowest BCUT2D eigenvalue weighted by molar-refractivity contribution is -0.126. The van der Waals surface area contributed by atoms with E-state index in [1.54, 1.807) is 33.4 Å². The van der Waals surface area contributed by atoms with Crippen LogP contribution in [0.15, 0.2) is 12.3 Å². The molecule has 226 valence electrons. The maximum Gasteiger partial charge on any atom is 0.298 e. The molecule has 1 aromatic carbocycles. The Labute approximate surface area is 257 Å². The smallest absolute Gasteiger partial charge is 0.298 e. The third-order valence-electron chi connectivity index (χ3n) is 7.40. The van der Waals surface area contributed by atoms with E-state index in [1.165, 1.54) is 0 Å². The van der Waals surface area contributed by atoms with Crippen LogP contribution in [-0.2, 0) is 9.53 Å². The van der Waals surface area contributed by atoms with Gasteiger partial charge in [0.2, 0.25) is 5.95 Å². The van der Waals surface area contributed by atoms with Gasteiger partial charge in [-0.25, -0.2) is 4.98 Å². The molecule has 2 fully saturated rings. The highest BCUT2D eigenvalue weighted by atomic mass is 35.5. The van der Waals surface area contributed by atoms with Crippen LogP contribution in [0.2, 0.25) is 10.0 Å². The molecule has 10 nitrogen and oxygen atoms in total. The Morgan fingerprint density at radius 3 is 2.50 bits per heavy atom. The molecule has 0 bridgehead atoms. The van der Waals surface area contributed by atoms with Crippen LogP contribution < -0.4 is 20.5 Å². The molecular formula is C30H38Cl2N6O4. The van der Waals surface area contributed by atoms with Gasteiger partial charge in [-0.05, 0) is 56.7 Å². The first-order valence-electron chi connectivity index (χ1n) is 14.1. The number of halogens is 2. The Morgan fingerprint density at radius 1 is 1.19 bits per heavy atom. The van der Waals surface area contributed by atoms with Crippen LogP contribution >= 0.6 is 23.2 Å². The molecule has 1 amide bonds. The van der Waals surface area contributed by atoms with E-state index < -0.39 is 0 Å². The molecule has 0 saturated carbocycles. The van der Waals surface area contributed by atoms with Crippen LogP contribution in [-0.4, -0.2) is 91.9 Å². The Hall–Kier alpha value is -3.23. The van der Waals surface area contributed by atoms with E-state index in [0.29, 0.717) is 77.2 Å². The number of benzene rings is 1. The number of carbonyl (C=O) groups is 1. The normalized spacial score (nSPS) is 17.5. The Kier molecular flexibility index (Phi) is 11.5. The number of nitrogens with two attached hydrogens (primary N) is 1. The molecule has 0 unspecified atom stereocenters. The Morgan fingerprint density at radius 2 is 1.90 bits per heavy atom. The van der Waals surface area contributed by atoms with E-state index >= 15 is 0 Å². The van der Waals surface area contributed by atoms with Gasteiger partial charge in [0.15, 0.2) is 0 Å². The molecule has 2 saturated heterocycles. The first-order valence-corrected chi connectivity index (χ1v) is 14.8. The fourth-order valence-corrected chi connectivity index (χ4v) is 5.80. The Balaban J connectivity index is 1.51. The molecule has 4 rings (SSSR count). The number of aromatic nitrogens is 2. The lowest BCUT2D eigenvalue weighted by Crippen LogP contribution is -2.48. The van der Waals surface area contributed by atoms with Crippen molar-refractivity contribution in [3.05, 3.63) is 33.4 Å². The lowest BCUT2D eigenvalue weighted by atomic mass is 9.97. The Bertz CT molecular complexity index is 1320. The SMILES string of the molecule is CC#CC(=O)N1CCN(CCCC/C(=C\c2cnc(N[C@H]3CCOC3)nc2N)c2c(Cl)c(OC)cc(OC)c2Cl)CC1. The second kappa shape index (κ2) is 15.3. The van der Waals surface area contributed by atoms with Crippen molar-refractivity contribution in [1.82, 2.24) is 19.8 Å². The van der Waals surface area contributed by atoms with Crippen LogP contribution in [0.25, 0.3) is 11.6 Å². The molecule has 0 spiro atoms. The van der Waals surface area contributed by atoms with Gasteiger partial charge in [-0.2, -0.15) is 4.98 Å². The average Bonchev–Trinajstić information content (AvgIpc) is 3.50. The number of allylic oxidation sites excluding steroid dienone is 1. The number of carbonyl (C=O) groups excluding carboxylic acids is 1. The molecule has 42 heavy (non-hydrogen) atoms. The molecule has 3 heterocycles. The van der Waals surface area contributed by atoms with Gasteiger partial charge >= 0.3 is 0 Å². The van der Waals surface area contributed by atoms with Gasteiger partial charge in [-0.1, -0.05) is 29.1 Å². The first kappa shape index (κ1) is 31.7. The summed E-state index contributed by atoms with van der Waals surface area (Å²) in [5, 5.41) is 4.06. The second-order valence-corrected chi connectivity index (χ2v) is 10.9. The fraction of sp³-hybridized carbons (Fsp3) is 0.500. The van der Waals surface area contributed by atoms with Crippen LogP contribution in [0.3, 0.4) is 0 Å². The fourth-order valence-electron chi connectivity index (χ4n) is 5.05. The highest BCUT2D eigenvalue weighted by molar-refractivity contribution is 6.39. The number of nitrogens with one attached hydrogen (secondary N) is 1. The van der Waals surface area contributed by atoms with Crippen molar-refractivity contribution < 1.29 is 19.0 Å². The topological polar surface area (TPSA) is 115 Å². The number of methoxy groups -OCH3 is 2. The summed E-state index contributed by atoms with van der Waals surface area (Å²) in [6, 6.07) is 1.84. The van der Waals surface area contributed by atoms with Gasteiger partial charge in [0, 0.05) is 56.2 Å². The monoisotopic (exact) mass is 616 g/mol. The summed E-state index contributed by atoms with van der Waals surface area (Å²) >= 11 is 13.6. The zero-order chi connectivity index (χ0) is 30.1. The highest BCUT2D eigenvalue weighted by Gasteiger charge is 2.23. The van der Waals surface area contributed by atoms with E-state index in [4.69, 9.17) is 43.1 Å². The van der Waals surface area contributed by atoms with Crippen LogP contribution in [0, 0.1) is 11.8 Å². The van der Waals surface area contributed by atoms with E-state index in [2.05, 4.69) is 32.0 Å². The predicted octanol–water partition coefficient (Wildman–Crippen LogP) is 4.46. The zero-order valence-corrected chi connectivity index (χ0v) is 25.9. The minimum atomic E-state index is -0.103. The highest BCUT2D eigenvalue weighted by Crippen LogP contribution is 2.45. The van der Waals surface area contributed by atoms with Crippen molar-refractivity contribution in [3.63, 3.8) is 0 Å². The number of nitrogens with zero attached hydrogens (tertiary/aromatic N) is 4. The van der Waals surface area contributed by atoms with Crippen molar-refractivity contribution in [1.29, 1.82) is 0 Å². The van der Waals surface area contributed by atoms with Crippen LogP contribution in [0.4, 0.5) is 11.8 Å². The van der Waals surface area contributed by atoms with Crippen LogP contribution in [0.5, 0.6) is 11.5 Å². The van der Waals surface area contributed by atoms with E-state index in [0.717, 1.165) is 44.5 Å². The number of anilines is 2. The molecule has 2 aliphatic heterocycles. The first-order chi connectivity index (χ1) is 20.3. The number of hydrogen-bond donors (Lipinski definition) is 2. The van der Waals surface area contributed by atoms with E-state index in [9.17, 15) is 4.79 Å². The van der Waals surface area contributed by atoms with Gasteiger partial charge in [0.05, 0.1) is 36.9 Å².